The van der Waals surface area contributed by atoms with Gasteiger partial charge in [-0.25, -0.2) is 13.8 Å². The molecule has 0 saturated carbocycles. The maximum absolute atomic E-state index is 13.2. The van der Waals surface area contributed by atoms with Gasteiger partial charge in [0.1, 0.15) is 0 Å². The first-order valence-electron chi connectivity index (χ1n) is 10.7. The number of sulfonamides is 1. The molecule has 0 spiro atoms. The van der Waals surface area contributed by atoms with Gasteiger partial charge in [0.25, 0.3) is 15.9 Å². The van der Waals surface area contributed by atoms with E-state index in [1.807, 2.05) is 18.2 Å². The van der Waals surface area contributed by atoms with E-state index in [0.29, 0.717) is 27.5 Å². The third-order valence-electron chi connectivity index (χ3n) is 5.81. The van der Waals surface area contributed by atoms with E-state index in [0.717, 1.165) is 16.3 Å². The molecule has 5 rings (SSSR count). The first kappa shape index (κ1) is 22.4. The van der Waals surface area contributed by atoms with Crippen LogP contribution in [0.2, 0.25) is 0 Å². The summed E-state index contributed by atoms with van der Waals surface area (Å²) in [6.07, 6.45) is 1.40. The zero-order valence-corrected chi connectivity index (χ0v) is 19.5. The smallest absolute Gasteiger partial charge is 0.271 e. The molecule has 0 radical (unpaired) electrons. The predicted octanol–water partition coefficient (Wildman–Crippen LogP) is 4.03. The molecule has 0 bridgehead atoms. The summed E-state index contributed by atoms with van der Waals surface area (Å²) in [6.45, 7) is 0.150. The number of phenols is 1. The number of methoxy groups -OCH3 is 1. The quantitative estimate of drug-likeness (QED) is 0.315. The van der Waals surface area contributed by atoms with E-state index in [2.05, 4.69) is 10.5 Å². The highest BCUT2D eigenvalue weighted by Crippen LogP contribution is 2.42. The third-order valence-corrected chi connectivity index (χ3v) is 7.61. The molecule has 0 atom stereocenters. The van der Waals surface area contributed by atoms with Gasteiger partial charge in [0.15, 0.2) is 11.5 Å². The summed E-state index contributed by atoms with van der Waals surface area (Å²) in [6, 6.07) is 22.2. The van der Waals surface area contributed by atoms with Gasteiger partial charge in [-0.1, -0.05) is 36.4 Å². The van der Waals surface area contributed by atoms with Gasteiger partial charge < -0.3 is 9.84 Å². The lowest BCUT2D eigenvalue weighted by atomic mass is 10.1. The van der Waals surface area contributed by atoms with Crippen LogP contribution < -0.4 is 14.5 Å². The van der Waals surface area contributed by atoms with Crippen LogP contribution in [-0.2, 0) is 16.6 Å². The van der Waals surface area contributed by atoms with Crippen LogP contribution >= 0.6 is 0 Å². The highest BCUT2D eigenvalue weighted by atomic mass is 32.2. The van der Waals surface area contributed by atoms with E-state index >= 15 is 0 Å². The Morgan fingerprint density at radius 1 is 1.06 bits per heavy atom. The first-order chi connectivity index (χ1) is 16.9. The van der Waals surface area contributed by atoms with Gasteiger partial charge >= 0.3 is 0 Å². The van der Waals surface area contributed by atoms with Crippen molar-refractivity contribution < 1.29 is 23.1 Å². The van der Waals surface area contributed by atoms with Crippen LogP contribution in [0.3, 0.4) is 0 Å². The van der Waals surface area contributed by atoms with Gasteiger partial charge in [-0.05, 0) is 59.0 Å². The van der Waals surface area contributed by atoms with Crippen LogP contribution in [0.15, 0.2) is 88.9 Å². The highest BCUT2D eigenvalue weighted by molar-refractivity contribution is 7.93. The number of benzene rings is 4. The monoisotopic (exact) mass is 487 g/mol. The van der Waals surface area contributed by atoms with Crippen molar-refractivity contribution in [3.63, 3.8) is 0 Å². The topological polar surface area (TPSA) is 108 Å². The number of hydrazone groups is 1. The molecular formula is C26H21N3O5S. The van der Waals surface area contributed by atoms with Crippen LogP contribution in [0.4, 0.5) is 5.69 Å². The molecular weight excluding hydrogens is 466 g/mol. The maximum atomic E-state index is 13.2. The molecule has 1 aliphatic heterocycles. The van der Waals surface area contributed by atoms with Crippen LogP contribution in [0.5, 0.6) is 11.5 Å². The molecule has 176 valence electrons. The minimum absolute atomic E-state index is 0.0299. The fourth-order valence-electron chi connectivity index (χ4n) is 4.07. The largest absolute Gasteiger partial charge is 0.504 e. The Balaban J connectivity index is 1.29. The van der Waals surface area contributed by atoms with E-state index in [1.165, 1.54) is 23.7 Å². The molecule has 1 amide bonds. The minimum Gasteiger partial charge on any atom is -0.504 e. The molecule has 0 fully saturated rings. The van der Waals surface area contributed by atoms with Gasteiger partial charge in [-0.2, -0.15) is 5.10 Å². The molecule has 9 heteroatoms. The average molecular weight is 488 g/mol. The summed E-state index contributed by atoms with van der Waals surface area (Å²) in [5.41, 5.74) is 4.79. The second-order valence-corrected chi connectivity index (χ2v) is 9.80. The van der Waals surface area contributed by atoms with Gasteiger partial charge in [0.2, 0.25) is 0 Å². The predicted molar refractivity (Wildman–Crippen MR) is 133 cm³/mol. The molecule has 35 heavy (non-hydrogen) atoms. The number of ether oxygens (including phenoxy) is 1. The molecule has 1 heterocycles. The SMILES string of the molecule is COc1ccc(/C=N\NC(=O)c2ccc(CN3c4cccc5cccc(c45)S3(=O)=O)cc2)cc1O. The van der Waals surface area contributed by atoms with E-state index < -0.39 is 15.9 Å². The van der Waals surface area contributed by atoms with E-state index in [4.69, 9.17) is 4.74 Å². The second kappa shape index (κ2) is 8.77. The van der Waals surface area contributed by atoms with Crippen LogP contribution in [-0.4, -0.2) is 32.8 Å². The van der Waals surface area contributed by atoms with E-state index in [1.54, 1.807) is 54.6 Å². The van der Waals surface area contributed by atoms with Gasteiger partial charge in [0.05, 0.1) is 30.5 Å². The Morgan fingerprint density at radius 2 is 1.80 bits per heavy atom. The van der Waals surface area contributed by atoms with Crippen molar-refractivity contribution in [3.8, 4) is 11.5 Å². The summed E-state index contributed by atoms with van der Waals surface area (Å²) in [5.74, 6) is -0.109. The number of anilines is 1. The molecule has 8 nitrogen and oxygen atoms in total. The van der Waals surface area contributed by atoms with Crippen LogP contribution in [0, 0.1) is 0 Å². The molecule has 0 unspecified atom stereocenters. The van der Waals surface area contributed by atoms with Gasteiger partial charge in [-0.15, -0.1) is 0 Å². The number of hydrogen-bond acceptors (Lipinski definition) is 6. The number of nitrogens with zero attached hydrogens (tertiary/aromatic N) is 2. The van der Waals surface area contributed by atoms with E-state index in [-0.39, 0.29) is 12.3 Å². The van der Waals surface area contributed by atoms with Crippen LogP contribution in [0.25, 0.3) is 10.8 Å². The number of amides is 1. The molecule has 0 saturated heterocycles. The Labute approximate surface area is 202 Å². The zero-order chi connectivity index (χ0) is 24.6. The second-order valence-electron chi connectivity index (χ2n) is 7.97. The Morgan fingerprint density at radius 3 is 2.51 bits per heavy atom. The number of nitrogens with one attached hydrogen (secondary N) is 1. The number of hydrogen-bond donors (Lipinski definition) is 2. The number of carbonyl (C=O) groups excluding carboxylic acids is 1. The summed E-state index contributed by atoms with van der Waals surface area (Å²) < 4.78 is 32.7. The number of rotatable bonds is 6. The average Bonchev–Trinajstić information content (AvgIpc) is 3.08. The maximum Gasteiger partial charge on any atom is 0.271 e. The molecule has 4 aromatic rings. The summed E-state index contributed by atoms with van der Waals surface area (Å²) in [7, 11) is -2.20. The summed E-state index contributed by atoms with van der Waals surface area (Å²) >= 11 is 0. The summed E-state index contributed by atoms with van der Waals surface area (Å²) in [4.78, 5) is 12.7. The summed E-state index contributed by atoms with van der Waals surface area (Å²) in [5, 5.41) is 15.3. The highest BCUT2D eigenvalue weighted by Gasteiger charge is 2.35. The number of carbonyl (C=O) groups is 1. The fraction of sp³-hybridized carbons (Fsp3) is 0.0769. The van der Waals surface area contributed by atoms with Crippen LogP contribution in [0.1, 0.15) is 21.5 Å². The Bertz CT molecular complexity index is 1580. The van der Waals surface area contributed by atoms with Crippen molar-refractivity contribution in [1.29, 1.82) is 0 Å². The lowest BCUT2D eigenvalue weighted by molar-refractivity contribution is 0.0955. The Hall–Kier alpha value is -4.37. The van der Waals surface area contributed by atoms with Gasteiger partial charge in [-0.3, -0.25) is 9.10 Å². The molecule has 2 N–H and O–H groups in total. The fourth-order valence-corrected chi connectivity index (χ4v) is 5.77. The number of aromatic hydroxyl groups is 1. The molecule has 1 aliphatic rings. The standard InChI is InChI=1S/C26H21N3O5S/c1-34-23-13-10-18(14-22(23)30)15-27-28-26(31)20-11-8-17(9-12-20)16-29-21-6-2-4-19-5-3-7-24(25(19)21)35(29,32)33/h2-15,30H,16H2,1H3,(H,28,31)/b27-15-. The zero-order valence-electron chi connectivity index (χ0n) is 18.7. The normalized spacial score (nSPS) is 13.9. The van der Waals surface area contributed by atoms with Crippen molar-refractivity contribution in [3.05, 3.63) is 95.6 Å². The first-order valence-corrected chi connectivity index (χ1v) is 12.2. The lowest BCUT2D eigenvalue weighted by Gasteiger charge is -2.19. The van der Waals surface area contributed by atoms with Crippen molar-refractivity contribution in [2.24, 2.45) is 5.10 Å². The third kappa shape index (κ3) is 4.06. The van der Waals surface area contributed by atoms with Gasteiger partial charge in [0, 0.05) is 10.9 Å². The number of phenolic OH excluding ortho intramolecular Hbond substituents is 1. The van der Waals surface area contributed by atoms with Crippen molar-refractivity contribution in [2.45, 2.75) is 11.4 Å². The van der Waals surface area contributed by atoms with Crippen molar-refractivity contribution in [2.75, 3.05) is 11.4 Å². The minimum atomic E-state index is -3.66. The van der Waals surface area contributed by atoms with Crippen molar-refractivity contribution >= 4 is 38.6 Å². The molecule has 0 aromatic heterocycles. The molecule has 4 aromatic carbocycles. The lowest BCUT2D eigenvalue weighted by Crippen LogP contribution is -2.26. The Kier molecular flexibility index (Phi) is 5.62. The van der Waals surface area contributed by atoms with Crippen molar-refractivity contribution in [1.82, 2.24) is 5.43 Å². The van der Waals surface area contributed by atoms with E-state index in [9.17, 15) is 18.3 Å². The molecule has 0 aliphatic carbocycles.